The van der Waals surface area contributed by atoms with Gasteiger partial charge in [0.2, 0.25) is 5.91 Å². The Morgan fingerprint density at radius 1 is 1.00 bits per heavy atom. The monoisotopic (exact) mass is 479 g/mol. The number of esters is 1. The fourth-order valence-electron chi connectivity index (χ4n) is 6.34. The summed E-state index contributed by atoms with van der Waals surface area (Å²) in [5, 5.41) is 3.66. The summed E-state index contributed by atoms with van der Waals surface area (Å²) in [4.78, 5) is 42.5. The van der Waals surface area contributed by atoms with Gasteiger partial charge in [-0.1, -0.05) is 23.7 Å². The summed E-state index contributed by atoms with van der Waals surface area (Å²) in [7, 11) is 0. The molecule has 0 unspecified atom stereocenters. The van der Waals surface area contributed by atoms with Crippen molar-refractivity contribution in [2.75, 3.05) is 36.4 Å². The predicted molar refractivity (Wildman–Crippen MR) is 128 cm³/mol. The van der Waals surface area contributed by atoms with Crippen LogP contribution >= 0.6 is 11.6 Å². The van der Waals surface area contributed by atoms with Gasteiger partial charge in [0, 0.05) is 54.1 Å². The van der Waals surface area contributed by atoms with Gasteiger partial charge in [-0.2, -0.15) is 0 Å². The molecule has 2 heterocycles. The minimum absolute atomic E-state index is 0.00634. The van der Waals surface area contributed by atoms with E-state index in [0.717, 1.165) is 31.6 Å². The maximum atomic E-state index is 13.2. The molecule has 0 spiro atoms. The van der Waals surface area contributed by atoms with Gasteiger partial charge >= 0.3 is 5.97 Å². The molecule has 2 aliphatic carbocycles. The van der Waals surface area contributed by atoms with Crippen molar-refractivity contribution in [2.45, 2.75) is 18.9 Å². The molecule has 2 aliphatic heterocycles. The van der Waals surface area contributed by atoms with Crippen LogP contribution in [0.4, 0.5) is 11.4 Å². The molecule has 34 heavy (non-hydrogen) atoms. The van der Waals surface area contributed by atoms with Crippen molar-refractivity contribution in [3.05, 3.63) is 59.1 Å². The Balaban J connectivity index is 1.10. The summed E-state index contributed by atoms with van der Waals surface area (Å²) in [5.74, 6) is -0.687. The SMILES string of the molecule is O=C1O[C@@H]2C[C@H]3C[C@@H]2[C@@H]1[C@H]3C(=O)Nc1cccc(C(=O)N2CCN(c3cccc(Cl)c3)CC2)c1. The Bertz CT molecular complexity index is 1160. The number of nitrogens with zero attached hydrogens (tertiary/aromatic N) is 2. The molecule has 4 fully saturated rings. The first kappa shape index (κ1) is 21.5. The molecule has 2 saturated carbocycles. The molecule has 176 valence electrons. The second-order valence-corrected chi connectivity index (χ2v) is 10.2. The number of halogens is 1. The third-order valence-electron chi connectivity index (χ3n) is 7.90. The van der Waals surface area contributed by atoms with E-state index in [2.05, 4.69) is 10.2 Å². The number of piperazine rings is 1. The smallest absolute Gasteiger partial charge is 0.310 e. The van der Waals surface area contributed by atoms with Gasteiger partial charge in [0.15, 0.2) is 0 Å². The second kappa shape index (κ2) is 8.31. The molecule has 8 heteroatoms. The molecule has 5 atom stereocenters. The Kier molecular flexibility index (Phi) is 5.25. The third kappa shape index (κ3) is 3.63. The third-order valence-corrected chi connectivity index (χ3v) is 8.14. The van der Waals surface area contributed by atoms with E-state index in [0.29, 0.717) is 29.4 Å². The van der Waals surface area contributed by atoms with E-state index in [1.165, 1.54) is 0 Å². The molecule has 2 aromatic rings. The summed E-state index contributed by atoms with van der Waals surface area (Å²) >= 11 is 6.12. The van der Waals surface area contributed by atoms with Crippen LogP contribution in [0.2, 0.25) is 5.02 Å². The predicted octanol–water partition coefficient (Wildman–Crippen LogP) is 3.44. The van der Waals surface area contributed by atoms with E-state index in [1.807, 2.05) is 29.2 Å². The van der Waals surface area contributed by atoms with Crippen LogP contribution in [-0.2, 0) is 14.3 Å². The molecule has 2 aromatic carbocycles. The van der Waals surface area contributed by atoms with Gasteiger partial charge in [0.05, 0.1) is 11.8 Å². The molecule has 2 amide bonds. The Labute approximate surface area is 203 Å². The lowest BCUT2D eigenvalue weighted by atomic mass is 9.79. The van der Waals surface area contributed by atoms with Gasteiger partial charge in [0.25, 0.3) is 5.91 Å². The molecule has 6 rings (SSSR count). The summed E-state index contributed by atoms with van der Waals surface area (Å²) < 4.78 is 5.45. The fraction of sp³-hybridized carbons (Fsp3) is 0.423. The van der Waals surface area contributed by atoms with Crippen LogP contribution in [0.15, 0.2) is 48.5 Å². The number of benzene rings is 2. The first-order chi connectivity index (χ1) is 16.5. The Morgan fingerprint density at radius 3 is 2.59 bits per heavy atom. The highest BCUT2D eigenvalue weighted by Crippen LogP contribution is 2.57. The van der Waals surface area contributed by atoms with Crippen molar-refractivity contribution in [1.82, 2.24) is 4.90 Å². The van der Waals surface area contributed by atoms with E-state index in [9.17, 15) is 14.4 Å². The van der Waals surface area contributed by atoms with E-state index in [-0.39, 0.29) is 47.6 Å². The fourth-order valence-corrected chi connectivity index (χ4v) is 6.53. The summed E-state index contributed by atoms with van der Waals surface area (Å²) in [5.41, 5.74) is 2.18. The number of hydrogen-bond acceptors (Lipinski definition) is 5. The van der Waals surface area contributed by atoms with E-state index >= 15 is 0 Å². The number of rotatable bonds is 4. The van der Waals surface area contributed by atoms with Gasteiger partial charge in [-0.15, -0.1) is 0 Å². The van der Waals surface area contributed by atoms with Crippen molar-refractivity contribution in [3.63, 3.8) is 0 Å². The number of ether oxygens (including phenoxy) is 1. The largest absolute Gasteiger partial charge is 0.462 e. The highest BCUT2D eigenvalue weighted by atomic mass is 35.5. The van der Waals surface area contributed by atoms with E-state index in [4.69, 9.17) is 16.3 Å². The van der Waals surface area contributed by atoms with Crippen molar-refractivity contribution < 1.29 is 19.1 Å². The molecular weight excluding hydrogens is 454 g/mol. The molecule has 0 radical (unpaired) electrons. The maximum Gasteiger partial charge on any atom is 0.310 e. The average molecular weight is 480 g/mol. The van der Waals surface area contributed by atoms with Crippen LogP contribution in [-0.4, -0.2) is 55.0 Å². The molecule has 2 saturated heterocycles. The number of amides is 2. The van der Waals surface area contributed by atoms with Gasteiger partial charge in [-0.25, -0.2) is 0 Å². The van der Waals surface area contributed by atoms with E-state index < -0.39 is 0 Å². The minimum atomic E-state index is -0.338. The van der Waals surface area contributed by atoms with Gasteiger partial charge in [-0.3, -0.25) is 14.4 Å². The number of anilines is 2. The quantitative estimate of drug-likeness (QED) is 0.680. The Hall–Kier alpha value is -3.06. The highest BCUT2D eigenvalue weighted by molar-refractivity contribution is 6.30. The van der Waals surface area contributed by atoms with Crippen molar-refractivity contribution >= 4 is 40.8 Å². The zero-order chi connectivity index (χ0) is 23.4. The van der Waals surface area contributed by atoms with Crippen molar-refractivity contribution in [3.8, 4) is 0 Å². The van der Waals surface area contributed by atoms with Gasteiger partial charge in [0.1, 0.15) is 6.10 Å². The van der Waals surface area contributed by atoms with Crippen LogP contribution in [0.5, 0.6) is 0 Å². The van der Waals surface area contributed by atoms with Crippen LogP contribution in [0, 0.1) is 23.7 Å². The molecule has 4 aliphatic rings. The zero-order valence-corrected chi connectivity index (χ0v) is 19.4. The number of carbonyl (C=O) groups excluding carboxylic acids is 3. The lowest BCUT2D eigenvalue weighted by Crippen LogP contribution is -2.48. The highest BCUT2D eigenvalue weighted by Gasteiger charge is 2.63. The molecule has 2 bridgehead atoms. The van der Waals surface area contributed by atoms with Crippen LogP contribution in [0.3, 0.4) is 0 Å². The average Bonchev–Trinajstić information content (AvgIpc) is 3.47. The summed E-state index contributed by atoms with van der Waals surface area (Å²) in [6.07, 6.45) is 1.68. The van der Waals surface area contributed by atoms with Crippen LogP contribution in [0.25, 0.3) is 0 Å². The number of hydrogen-bond donors (Lipinski definition) is 1. The molecule has 0 aromatic heterocycles. The standard InChI is InChI=1S/C26H26ClN3O4/c27-17-4-2-6-19(14-17)29-7-9-30(10-8-29)25(32)15-3-1-5-18(11-15)28-24(31)22-16-12-20-21(13-16)34-26(33)23(20)22/h1-6,11,14,16,20-23H,7-10,12-13H2,(H,28,31)/t16-,20+,21-,22+,23-/m1/s1. The van der Waals surface area contributed by atoms with Crippen LogP contribution < -0.4 is 10.2 Å². The zero-order valence-electron chi connectivity index (χ0n) is 18.7. The molecule has 7 nitrogen and oxygen atoms in total. The number of carbonyl (C=O) groups is 3. The lowest BCUT2D eigenvalue weighted by molar-refractivity contribution is -0.145. The number of fused-ring (bicyclic) bond motifs is 1. The topological polar surface area (TPSA) is 78.9 Å². The molecule has 1 N–H and O–H groups in total. The normalized spacial score (nSPS) is 29.3. The van der Waals surface area contributed by atoms with Gasteiger partial charge in [-0.05, 0) is 55.2 Å². The summed E-state index contributed by atoms with van der Waals surface area (Å²) in [6, 6.07) is 14.8. The van der Waals surface area contributed by atoms with Crippen molar-refractivity contribution in [1.29, 1.82) is 0 Å². The minimum Gasteiger partial charge on any atom is -0.462 e. The number of nitrogens with one attached hydrogen (secondary N) is 1. The second-order valence-electron chi connectivity index (χ2n) is 9.75. The summed E-state index contributed by atoms with van der Waals surface area (Å²) in [6.45, 7) is 2.67. The van der Waals surface area contributed by atoms with Crippen LogP contribution in [0.1, 0.15) is 23.2 Å². The maximum absolute atomic E-state index is 13.2. The first-order valence-electron chi connectivity index (χ1n) is 11.9. The first-order valence-corrected chi connectivity index (χ1v) is 12.3. The molecular formula is C26H26ClN3O4. The van der Waals surface area contributed by atoms with E-state index in [1.54, 1.807) is 24.3 Å². The van der Waals surface area contributed by atoms with Crippen molar-refractivity contribution in [2.24, 2.45) is 23.7 Å². The van der Waals surface area contributed by atoms with Gasteiger partial charge < -0.3 is 19.9 Å². The lowest BCUT2D eigenvalue weighted by Gasteiger charge is -2.36. The Morgan fingerprint density at radius 2 is 1.79 bits per heavy atom.